The molecule has 0 spiro atoms. The number of carbonyl (C=O) groups is 1. The minimum absolute atomic E-state index is 0.232. The molecule has 5 nitrogen and oxygen atoms in total. The lowest BCUT2D eigenvalue weighted by molar-refractivity contribution is 0.0943. The molecule has 160 valence electrons. The van der Waals surface area contributed by atoms with Gasteiger partial charge >= 0.3 is 0 Å². The van der Waals surface area contributed by atoms with Gasteiger partial charge in [0.05, 0.1) is 15.8 Å². The summed E-state index contributed by atoms with van der Waals surface area (Å²) in [5, 5.41) is 3.69. The van der Waals surface area contributed by atoms with E-state index in [0.29, 0.717) is 18.0 Å². The molecule has 0 aliphatic rings. The van der Waals surface area contributed by atoms with Crippen molar-refractivity contribution in [3.8, 4) is 0 Å². The highest BCUT2D eigenvalue weighted by atomic mass is 32.2. The summed E-state index contributed by atoms with van der Waals surface area (Å²) in [7, 11) is -3.52. The molecular weight excluding hydrogens is 423 g/mol. The second kappa shape index (κ2) is 8.83. The maximum Gasteiger partial charge on any atom is 0.262 e. The number of carbonyl (C=O) groups excluding carboxylic acids is 1. The van der Waals surface area contributed by atoms with E-state index in [0.717, 1.165) is 21.2 Å². The van der Waals surface area contributed by atoms with Gasteiger partial charge in [-0.25, -0.2) is 12.8 Å². The summed E-state index contributed by atoms with van der Waals surface area (Å²) in [4.78, 5) is 13.6. The third kappa shape index (κ3) is 4.26. The lowest BCUT2D eigenvalue weighted by Gasteiger charge is -2.19. The number of nitrogens with zero attached hydrogens (tertiary/aromatic N) is 1. The van der Waals surface area contributed by atoms with Gasteiger partial charge in [0.15, 0.2) is 0 Å². The first-order chi connectivity index (χ1) is 14.2. The van der Waals surface area contributed by atoms with Crippen LogP contribution in [0.5, 0.6) is 0 Å². The zero-order valence-electron chi connectivity index (χ0n) is 17.4. The van der Waals surface area contributed by atoms with Gasteiger partial charge in [0.1, 0.15) is 5.82 Å². The lowest BCUT2D eigenvalue weighted by atomic mass is 10.1. The molecule has 3 rings (SSSR count). The van der Waals surface area contributed by atoms with E-state index in [1.165, 1.54) is 27.8 Å². The molecule has 2 aromatic carbocycles. The molecule has 3 aromatic rings. The summed E-state index contributed by atoms with van der Waals surface area (Å²) in [5.74, 6) is -0.565. The Bertz CT molecular complexity index is 1170. The minimum atomic E-state index is -3.52. The molecule has 1 atom stereocenters. The third-order valence-corrected chi connectivity index (χ3v) is 8.51. The van der Waals surface area contributed by atoms with E-state index in [1.54, 1.807) is 44.2 Å². The fourth-order valence-electron chi connectivity index (χ4n) is 3.40. The first kappa shape index (κ1) is 22.4. The molecule has 0 radical (unpaired) electrons. The van der Waals surface area contributed by atoms with Gasteiger partial charge in [-0.15, -0.1) is 11.3 Å². The zero-order valence-corrected chi connectivity index (χ0v) is 19.0. The van der Waals surface area contributed by atoms with Crippen LogP contribution < -0.4 is 5.32 Å². The quantitative estimate of drug-likeness (QED) is 0.561. The Labute approximate surface area is 180 Å². The van der Waals surface area contributed by atoms with Crippen molar-refractivity contribution in [1.82, 2.24) is 9.62 Å². The molecule has 1 heterocycles. The Hall–Kier alpha value is -2.29. The van der Waals surface area contributed by atoms with E-state index in [-0.39, 0.29) is 22.7 Å². The molecule has 0 saturated heterocycles. The number of thiophene rings is 1. The fraction of sp³-hybridized carbons (Fsp3) is 0.318. The number of halogens is 1. The Kier molecular flexibility index (Phi) is 6.59. The Morgan fingerprint density at radius 1 is 1.13 bits per heavy atom. The second-order valence-electron chi connectivity index (χ2n) is 7.05. The van der Waals surface area contributed by atoms with Crippen LogP contribution in [-0.4, -0.2) is 31.7 Å². The van der Waals surface area contributed by atoms with E-state index in [2.05, 4.69) is 5.32 Å². The van der Waals surface area contributed by atoms with Crippen LogP contribution in [0.3, 0.4) is 0 Å². The molecule has 1 aromatic heterocycles. The largest absolute Gasteiger partial charge is 0.345 e. The van der Waals surface area contributed by atoms with Crippen molar-refractivity contribution in [2.75, 3.05) is 13.1 Å². The molecule has 0 aliphatic heterocycles. The summed E-state index contributed by atoms with van der Waals surface area (Å²) in [6.45, 7) is 8.07. The van der Waals surface area contributed by atoms with Crippen molar-refractivity contribution in [2.45, 2.75) is 38.6 Å². The van der Waals surface area contributed by atoms with Crippen molar-refractivity contribution < 1.29 is 17.6 Å². The van der Waals surface area contributed by atoms with E-state index in [9.17, 15) is 17.6 Å². The number of nitrogens with one attached hydrogen (secondary N) is 1. The highest BCUT2D eigenvalue weighted by Gasteiger charge is 2.22. The molecular formula is C22H25FN2O3S2. The van der Waals surface area contributed by atoms with Gasteiger partial charge in [0, 0.05) is 17.8 Å². The number of amides is 1. The summed E-state index contributed by atoms with van der Waals surface area (Å²) < 4.78 is 41.0. The molecule has 0 fully saturated rings. The molecule has 8 heteroatoms. The van der Waals surface area contributed by atoms with Crippen LogP contribution in [0.15, 0.2) is 47.4 Å². The predicted molar refractivity (Wildman–Crippen MR) is 119 cm³/mol. The topological polar surface area (TPSA) is 66.5 Å². The Morgan fingerprint density at radius 2 is 1.77 bits per heavy atom. The first-order valence-corrected chi connectivity index (χ1v) is 12.0. The van der Waals surface area contributed by atoms with Crippen molar-refractivity contribution in [3.63, 3.8) is 0 Å². The van der Waals surface area contributed by atoms with E-state index in [1.807, 2.05) is 13.8 Å². The number of fused-ring (bicyclic) bond motifs is 1. The lowest BCUT2D eigenvalue weighted by Crippen LogP contribution is -2.30. The van der Waals surface area contributed by atoms with Crippen LogP contribution in [0, 0.1) is 12.7 Å². The third-order valence-electron chi connectivity index (χ3n) is 5.18. The Morgan fingerprint density at radius 3 is 2.37 bits per heavy atom. The standard InChI is InChI=1S/C22H25FN2O3S2/c1-5-25(6-2)30(27,28)18-10-7-16(8-11-18)15(4)24-22(26)21-14(3)19-13-17(23)9-12-20(19)29-21/h7-13,15H,5-6H2,1-4H3,(H,24,26). The Balaban J connectivity index is 1.79. The average Bonchev–Trinajstić information content (AvgIpc) is 3.05. The number of benzene rings is 2. The summed E-state index contributed by atoms with van der Waals surface area (Å²) in [6, 6.07) is 10.8. The van der Waals surface area contributed by atoms with Gasteiger partial charge in [0.25, 0.3) is 5.91 Å². The molecule has 0 bridgehead atoms. The van der Waals surface area contributed by atoms with Crippen LogP contribution in [0.2, 0.25) is 0 Å². The van der Waals surface area contributed by atoms with Crippen LogP contribution in [0.1, 0.15) is 47.6 Å². The molecule has 0 saturated carbocycles. The maximum atomic E-state index is 13.5. The van der Waals surface area contributed by atoms with Crippen LogP contribution >= 0.6 is 11.3 Å². The summed E-state index contributed by atoms with van der Waals surface area (Å²) in [5.41, 5.74) is 1.55. The zero-order chi connectivity index (χ0) is 22.1. The van der Waals surface area contributed by atoms with E-state index in [4.69, 9.17) is 0 Å². The monoisotopic (exact) mass is 448 g/mol. The number of sulfonamides is 1. The van der Waals surface area contributed by atoms with Crippen molar-refractivity contribution >= 4 is 37.4 Å². The minimum Gasteiger partial charge on any atom is -0.345 e. The van der Waals surface area contributed by atoms with Gasteiger partial charge in [-0.3, -0.25) is 4.79 Å². The van der Waals surface area contributed by atoms with Gasteiger partial charge in [0.2, 0.25) is 10.0 Å². The van der Waals surface area contributed by atoms with Gasteiger partial charge < -0.3 is 5.32 Å². The normalized spacial score (nSPS) is 13.0. The second-order valence-corrected chi connectivity index (χ2v) is 10.0. The smallest absolute Gasteiger partial charge is 0.262 e. The van der Waals surface area contributed by atoms with E-state index >= 15 is 0 Å². The molecule has 1 N–H and O–H groups in total. The maximum absolute atomic E-state index is 13.5. The summed E-state index contributed by atoms with van der Waals surface area (Å²) in [6.07, 6.45) is 0. The molecule has 0 aliphatic carbocycles. The number of hydrogen-bond donors (Lipinski definition) is 1. The van der Waals surface area contributed by atoms with Gasteiger partial charge in [-0.05, 0) is 60.7 Å². The van der Waals surface area contributed by atoms with E-state index < -0.39 is 10.0 Å². The number of hydrogen-bond acceptors (Lipinski definition) is 4. The summed E-state index contributed by atoms with van der Waals surface area (Å²) >= 11 is 1.33. The van der Waals surface area contributed by atoms with Crippen molar-refractivity contribution in [3.05, 3.63) is 64.3 Å². The van der Waals surface area contributed by atoms with Crippen LogP contribution in [0.4, 0.5) is 4.39 Å². The van der Waals surface area contributed by atoms with Crippen LogP contribution in [-0.2, 0) is 10.0 Å². The highest BCUT2D eigenvalue weighted by Crippen LogP contribution is 2.31. The highest BCUT2D eigenvalue weighted by molar-refractivity contribution is 7.89. The van der Waals surface area contributed by atoms with Crippen molar-refractivity contribution in [2.24, 2.45) is 0 Å². The fourth-order valence-corrected chi connectivity index (χ4v) is 5.95. The van der Waals surface area contributed by atoms with Crippen molar-refractivity contribution in [1.29, 1.82) is 0 Å². The molecule has 1 unspecified atom stereocenters. The van der Waals surface area contributed by atoms with Gasteiger partial charge in [-0.1, -0.05) is 26.0 Å². The van der Waals surface area contributed by atoms with Crippen LogP contribution in [0.25, 0.3) is 10.1 Å². The average molecular weight is 449 g/mol. The van der Waals surface area contributed by atoms with Gasteiger partial charge in [-0.2, -0.15) is 4.31 Å². The number of aryl methyl sites for hydroxylation is 1. The SMILES string of the molecule is CCN(CC)S(=O)(=O)c1ccc(C(C)NC(=O)c2sc3ccc(F)cc3c2C)cc1. The first-order valence-electron chi connectivity index (χ1n) is 9.78. The predicted octanol–water partition coefficient (Wildman–Crippen LogP) is 4.87. The molecule has 30 heavy (non-hydrogen) atoms. The molecule has 1 amide bonds. The number of rotatable bonds is 7.